The summed E-state index contributed by atoms with van der Waals surface area (Å²) >= 11 is 0. The van der Waals surface area contributed by atoms with Crippen LogP contribution in [-0.2, 0) is 6.18 Å². The summed E-state index contributed by atoms with van der Waals surface area (Å²) in [5.74, 6) is 1.03. The lowest BCUT2D eigenvalue weighted by molar-refractivity contribution is -0.137. The Kier molecular flexibility index (Phi) is 6.12. The summed E-state index contributed by atoms with van der Waals surface area (Å²) in [7, 11) is 1.90. The van der Waals surface area contributed by atoms with Gasteiger partial charge in [-0.15, -0.1) is 0 Å². The molecular weight excluding hydrogens is 291 g/mol. The van der Waals surface area contributed by atoms with Crippen LogP contribution >= 0.6 is 0 Å². The standard InChI is InChI=1S/C17H24F3NO/c1-21-12-11-16(13-5-3-2-4-6-13)22-15-9-7-14(8-10-15)17(18,19)20/h7-10,13,16,21H,2-6,11-12H2,1H3. The first-order valence-corrected chi connectivity index (χ1v) is 7.99. The predicted molar refractivity (Wildman–Crippen MR) is 81.0 cm³/mol. The molecule has 1 aromatic carbocycles. The Morgan fingerprint density at radius 3 is 2.32 bits per heavy atom. The third kappa shape index (κ3) is 4.90. The average molecular weight is 315 g/mol. The van der Waals surface area contributed by atoms with Gasteiger partial charge in [0, 0.05) is 0 Å². The Morgan fingerprint density at radius 1 is 1.14 bits per heavy atom. The van der Waals surface area contributed by atoms with Crippen molar-refractivity contribution in [3.05, 3.63) is 29.8 Å². The average Bonchev–Trinajstić information content (AvgIpc) is 2.52. The van der Waals surface area contributed by atoms with Crippen LogP contribution in [0.4, 0.5) is 13.2 Å². The van der Waals surface area contributed by atoms with E-state index in [0.717, 1.165) is 37.9 Å². The zero-order valence-corrected chi connectivity index (χ0v) is 13.0. The topological polar surface area (TPSA) is 21.3 Å². The lowest BCUT2D eigenvalue weighted by Crippen LogP contribution is -2.31. The number of nitrogens with one attached hydrogen (secondary N) is 1. The van der Waals surface area contributed by atoms with Crippen LogP contribution in [0.5, 0.6) is 5.75 Å². The monoisotopic (exact) mass is 315 g/mol. The van der Waals surface area contributed by atoms with Gasteiger partial charge in [0.05, 0.1) is 5.56 Å². The number of hydrogen-bond acceptors (Lipinski definition) is 2. The van der Waals surface area contributed by atoms with E-state index in [0.29, 0.717) is 11.7 Å². The minimum absolute atomic E-state index is 0.0736. The molecule has 1 fully saturated rings. The molecule has 0 heterocycles. The van der Waals surface area contributed by atoms with Crippen molar-refractivity contribution in [2.75, 3.05) is 13.6 Å². The Hall–Kier alpha value is -1.23. The third-order valence-electron chi connectivity index (χ3n) is 4.32. The second-order valence-corrected chi connectivity index (χ2v) is 5.97. The summed E-state index contributed by atoms with van der Waals surface area (Å²) in [6, 6.07) is 5.03. The summed E-state index contributed by atoms with van der Waals surface area (Å²) in [6.07, 6.45) is 2.66. The van der Waals surface area contributed by atoms with Gasteiger partial charge in [-0.25, -0.2) is 0 Å². The van der Waals surface area contributed by atoms with Crippen molar-refractivity contribution >= 4 is 0 Å². The molecule has 0 aromatic heterocycles. The van der Waals surface area contributed by atoms with Gasteiger partial charge in [0.2, 0.25) is 0 Å². The van der Waals surface area contributed by atoms with Gasteiger partial charge in [0.1, 0.15) is 11.9 Å². The van der Waals surface area contributed by atoms with Crippen molar-refractivity contribution < 1.29 is 17.9 Å². The maximum Gasteiger partial charge on any atom is 0.416 e. The third-order valence-corrected chi connectivity index (χ3v) is 4.32. The van der Waals surface area contributed by atoms with Crippen molar-refractivity contribution in [2.24, 2.45) is 5.92 Å². The Bertz CT molecular complexity index is 438. The largest absolute Gasteiger partial charge is 0.490 e. The molecule has 0 radical (unpaired) electrons. The van der Waals surface area contributed by atoms with E-state index in [1.165, 1.54) is 31.4 Å². The molecular formula is C17H24F3NO. The van der Waals surface area contributed by atoms with Crippen LogP contribution in [-0.4, -0.2) is 19.7 Å². The van der Waals surface area contributed by atoms with Gasteiger partial charge in [0.25, 0.3) is 0 Å². The number of benzene rings is 1. The summed E-state index contributed by atoms with van der Waals surface area (Å²) in [5.41, 5.74) is -0.635. The van der Waals surface area contributed by atoms with Crippen LogP contribution in [0.2, 0.25) is 0 Å². The van der Waals surface area contributed by atoms with Crippen molar-refractivity contribution in [1.29, 1.82) is 0 Å². The highest BCUT2D eigenvalue weighted by molar-refractivity contribution is 5.29. The molecule has 0 amide bonds. The molecule has 124 valence electrons. The molecule has 1 saturated carbocycles. The van der Waals surface area contributed by atoms with Crippen molar-refractivity contribution in [3.8, 4) is 5.75 Å². The van der Waals surface area contributed by atoms with E-state index in [9.17, 15) is 13.2 Å². The molecule has 0 spiro atoms. The molecule has 0 saturated heterocycles. The van der Waals surface area contributed by atoms with Crippen LogP contribution in [0.15, 0.2) is 24.3 Å². The maximum absolute atomic E-state index is 12.6. The van der Waals surface area contributed by atoms with Crippen LogP contribution < -0.4 is 10.1 Å². The number of alkyl halides is 3. The van der Waals surface area contributed by atoms with E-state index in [-0.39, 0.29) is 6.10 Å². The Balaban J connectivity index is 2.02. The molecule has 0 aliphatic heterocycles. The Labute approximate surface area is 130 Å². The molecule has 22 heavy (non-hydrogen) atoms. The smallest absolute Gasteiger partial charge is 0.416 e. The summed E-state index contributed by atoms with van der Waals surface area (Å²) in [6.45, 7) is 0.849. The fourth-order valence-electron chi connectivity index (χ4n) is 3.08. The molecule has 1 atom stereocenters. The molecule has 0 bridgehead atoms. The van der Waals surface area contributed by atoms with Crippen LogP contribution in [0, 0.1) is 5.92 Å². The zero-order chi connectivity index (χ0) is 16.0. The van der Waals surface area contributed by atoms with Gasteiger partial charge in [-0.05, 0) is 63.0 Å². The highest BCUT2D eigenvalue weighted by Crippen LogP contribution is 2.33. The minimum Gasteiger partial charge on any atom is -0.490 e. The molecule has 1 unspecified atom stereocenters. The quantitative estimate of drug-likeness (QED) is 0.825. The molecule has 1 aromatic rings. The van der Waals surface area contributed by atoms with E-state index >= 15 is 0 Å². The van der Waals surface area contributed by atoms with Gasteiger partial charge in [-0.1, -0.05) is 19.3 Å². The van der Waals surface area contributed by atoms with Crippen LogP contribution in [0.25, 0.3) is 0 Å². The van der Waals surface area contributed by atoms with Gasteiger partial charge in [-0.2, -0.15) is 13.2 Å². The second-order valence-electron chi connectivity index (χ2n) is 5.97. The van der Waals surface area contributed by atoms with E-state index in [1.807, 2.05) is 7.05 Å². The number of rotatable bonds is 6. The molecule has 5 heteroatoms. The highest BCUT2D eigenvalue weighted by atomic mass is 19.4. The highest BCUT2D eigenvalue weighted by Gasteiger charge is 2.30. The second kappa shape index (κ2) is 7.86. The first-order valence-electron chi connectivity index (χ1n) is 7.99. The van der Waals surface area contributed by atoms with E-state index < -0.39 is 11.7 Å². The fraction of sp³-hybridized carbons (Fsp3) is 0.647. The van der Waals surface area contributed by atoms with Gasteiger partial charge < -0.3 is 10.1 Å². The summed E-state index contributed by atoms with van der Waals surface area (Å²) < 4.78 is 43.8. The number of halogens is 3. The van der Waals surface area contributed by atoms with E-state index in [1.54, 1.807) is 0 Å². The first kappa shape index (κ1) is 17.1. The van der Waals surface area contributed by atoms with Crippen LogP contribution in [0.1, 0.15) is 44.1 Å². The van der Waals surface area contributed by atoms with E-state index in [4.69, 9.17) is 4.74 Å². The van der Waals surface area contributed by atoms with Crippen molar-refractivity contribution in [3.63, 3.8) is 0 Å². The van der Waals surface area contributed by atoms with Crippen molar-refractivity contribution in [2.45, 2.75) is 50.8 Å². The summed E-state index contributed by atoms with van der Waals surface area (Å²) in [5, 5.41) is 3.12. The van der Waals surface area contributed by atoms with Crippen LogP contribution in [0.3, 0.4) is 0 Å². The lowest BCUT2D eigenvalue weighted by Gasteiger charge is -2.31. The molecule has 2 rings (SSSR count). The van der Waals surface area contributed by atoms with Gasteiger partial charge in [0.15, 0.2) is 0 Å². The lowest BCUT2D eigenvalue weighted by atomic mass is 9.84. The number of hydrogen-bond donors (Lipinski definition) is 1. The molecule has 1 N–H and O–H groups in total. The minimum atomic E-state index is -4.30. The predicted octanol–water partition coefficient (Wildman–Crippen LogP) is 4.64. The zero-order valence-electron chi connectivity index (χ0n) is 13.0. The SMILES string of the molecule is CNCCC(Oc1ccc(C(F)(F)F)cc1)C1CCCCC1. The molecule has 1 aliphatic carbocycles. The fourth-order valence-corrected chi connectivity index (χ4v) is 3.08. The van der Waals surface area contributed by atoms with Crippen molar-refractivity contribution in [1.82, 2.24) is 5.32 Å². The molecule has 1 aliphatic rings. The summed E-state index contributed by atoms with van der Waals surface area (Å²) in [4.78, 5) is 0. The molecule has 2 nitrogen and oxygen atoms in total. The van der Waals surface area contributed by atoms with E-state index in [2.05, 4.69) is 5.32 Å². The van der Waals surface area contributed by atoms with Gasteiger partial charge in [-0.3, -0.25) is 0 Å². The normalized spacial score (nSPS) is 18.2. The first-order chi connectivity index (χ1) is 10.5. The number of ether oxygens (including phenoxy) is 1. The van der Waals surface area contributed by atoms with Gasteiger partial charge >= 0.3 is 6.18 Å². The Morgan fingerprint density at radius 2 is 1.77 bits per heavy atom. The maximum atomic E-state index is 12.6.